The summed E-state index contributed by atoms with van der Waals surface area (Å²) in [5.74, 6) is 0.212. The van der Waals surface area contributed by atoms with Crippen LogP contribution in [0.3, 0.4) is 0 Å². The van der Waals surface area contributed by atoms with Gasteiger partial charge in [0.25, 0.3) is 0 Å². The molecule has 5 nitrogen and oxygen atoms in total. The van der Waals surface area contributed by atoms with E-state index in [1.165, 1.54) is 0 Å². The molecule has 0 fully saturated rings. The van der Waals surface area contributed by atoms with E-state index in [1.54, 1.807) is 13.1 Å². The first-order valence-electron chi connectivity index (χ1n) is 7.44. The molecule has 5 heteroatoms. The van der Waals surface area contributed by atoms with Crippen molar-refractivity contribution in [2.45, 2.75) is 39.2 Å². The van der Waals surface area contributed by atoms with Gasteiger partial charge in [-0.2, -0.15) is 5.10 Å². The van der Waals surface area contributed by atoms with Gasteiger partial charge in [-0.25, -0.2) is 4.98 Å². The van der Waals surface area contributed by atoms with Gasteiger partial charge in [0, 0.05) is 36.0 Å². The number of aromatic nitrogens is 4. The summed E-state index contributed by atoms with van der Waals surface area (Å²) >= 11 is 0. The van der Waals surface area contributed by atoms with Gasteiger partial charge in [-0.15, -0.1) is 0 Å². The number of nitrogens with zero attached hydrogens (tertiary/aromatic N) is 3. The molecule has 0 unspecified atom stereocenters. The van der Waals surface area contributed by atoms with Crippen molar-refractivity contribution in [2.24, 2.45) is 0 Å². The van der Waals surface area contributed by atoms with Gasteiger partial charge in [0.05, 0.1) is 11.7 Å². The van der Waals surface area contributed by atoms with E-state index >= 15 is 0 Å². The fourth-order valence-corrected chi connectivity index (χ4v) is 2.60. The Balaban J connectivity index is 1.93. The normalized spacial score (nSPS) is 12.0. The van der Waals surface area contributed by atoms with Gasteiger partial charge in [0.1, 0.15) is 11.4 Å². The number of carbonyl (C=O) groups excluding carboxylic acids is 1. The van der Waals surface area contributed by atoms with Crippen molar-refractivity contribution in [2.75, 3.05) is 0 Å². The molecule has 0 bridgehead atoms. The van der Waals surface area contributed by atoms with Crippen LogP contribution in [0.2, 0.25) is 0 Å². The van der Waals surface area contributed by atoms with Crippen LogP contribution < -0.4 is 0 Å². The van der Waals surface area contributed by atoms with Gasteiger partial charge in [-0.3, -0.25) is 4.68 Å². The van der Waals surface area contributed by atoms with E-state index in [0.717, 1.165) is 28.6 Å². The molecule has 3 aromatic rings. The van der Waals surface area contributed by atoms with Crippen molar-refractivity contribution in [1.82, 2.24) is 19.7 Å². The molecule has 1 N–H and O–H groups in total. The zero-order valence-electron chi connectivity index (χ0n) is 13.1. The van der Waals surface area contributed by atoms with Crippen molar-refractivity contribution < 1.29 is 4.79 Å². The largest absolute Gasteiger partial charge is 0.346 e. The third-order valence-electron chi connectivity index (χ3n) is 4.06. The molecule has 0 saturated heterocycles. The van der Waals surface area contributed by atoms with Crippen molar-refractivity contribution in [3.8, 4) is 11.1 Å². The fraction of sp³-hybridized carbons (Fsp3) is 0.353. The van der Waals surface area contributed by atoms with E-state index in [0.29, 0.717) is 6.42 Å². The molecule has 0 aliphatic rings. The zero-order chi connectivity index (χ0) is 15.7. The first-order chi connectivity index (χ1) is 10.5. The minimum Gasteiger partial charge on any atom is -0.346 e. The van der Waals surface area contributed by atoms with Crippen molar-refractivity contribution in [3.05, 3.63) is 36.9 Å². The summed E-state index contributed by atoms with van der Waals surface area (Å²) in [4.78, 5) is 18.7. The molecule has 114 valence electrons. The average Bonchev–Trinajstić information content (AvgIpc) is 3.14. The van der Waals surface area contributed by atoms with Crippen LogP contribution in [0.15, 0.2) is 36.9 Å². The Kier molecular flexibility index (Phi) is 3.56. The lowest BCUT2D eigenvalue weighted by Gasteiger charge is -2.24. The van der Waals surface area contributed by atoms with E-state index in [-0.39, 0.29) is 11.3 Å². The first-order valence-corrected chi connectivity index (χ1v) is 7.44. The number of rotatable bonds is 5. The maximum atomic E-state index is 11.2. The number of H-pyrrole nitrogens is 1. The SMILES string of the molecule is CC(=O)CCC(C)(C)n1cc(-c2ccnc3[nH]ccc23)cn1. The standard InChI is InChI=1S/C17H20N4O/c1-12(22)4-7-17(2,3)21-11-13(10-20-21)14-5-8-18-16-15(14)6-9-19-16/h5-6,8-11H,4,7H2,1-3H3,(H,18,19). The minimum atomic E-state index is -0.186. The van der Waals surface area contributed by atoms with Crippen molar-refractivity contribution >= 4 is 16.8 Å². The Bertz CT molecular complexity index is 813. The second kappa shape index (κ2) is 5.40. The smallest absolute Gasteiger partial charge is 0.137 e. The van der Waals surface area contributed by atoms with Crippen LogP contribution in [-0.4, -0.2) is 25.5 Å². The molecule has 0 spiro atoms. The molecule has 0 radical (unpaired) electrons. The summed E-state index contributed by atoms with van der Waals surface area (Å²) in [7, 11) is 0. The summed E-state index contributed by atoms with van der Waals surface area (Å²) in [5, 5.41) is 5.59. The number of hydrogen-bond donors (Lipinski definition) is 1. The highest BCUT2D eigenvalue weighted by molar-refractivity contribution is 5.92. The Hall–Kier alpha value is -2.43. The van der Waals surface area contributed by atoms with E-state index in [4.69, 9.17) is 0 Å². The molecule has 0 aromatic carbocycles. The zero-order valence-corrected chi connectivity index (χ0v) is 13.1. The number of aromatic amines is 1. The molecule has 0 amide bonds. The highest BCUT2D eigenvalue weighted by Gasteiger charge is 2.22. The molecule has 3 aromatic heterocycles. The second-order valence-corrected chi connectivity index (χ2v) is 6.29. The molecule has 3 rings (SSSR count). The highest BCUT2D eigenvalue weighted by atomic mass is 16.1. The summed E-state index contributed by atoms with van der Waals surface area (Å²) in [6, 6.07) is 4.02. The van der Waals surface area contributed by atoms with Crippen LogP contribution >= 0.6 is 0 Å². The third-order valence-corrected chi connectivity index (χ3v) is 4.06. The summed E-state index contributed by atoms with van der Waals surface area (Å²) in [5.41, 5.74) is 2.86. The van der Waals surface area contributed by atoms with Gasteiger partial charge in [0.15, 0.2) is 0 Å². The lowest BCUT2D eigenvalue weighted by atomic mass is 9.97. The Morgan fingerprint density at radius 3 is 2.95 bits per heavy atom. The minimum absolute atomic E-state index is 0.186. The quantitative estimate of drug-likeness (QED) is 0.783. The monoisotopic (exact) mass is 296 g/mol. The van der Waals surface area contributed by atoms with Gasteiger partial charge in [0.2, 0.25) is 0 Å². The van der Waals surface area contributed by atoms with Crippen LogP contribution in [0.1, 0.15) is 33.6 Å². The maximum absolute atomic E-state index is 11.2. The molecule has 0 aliphatic heterocycles. The van der Waals surface area contributed by atoms with Gasteiger partial charge in [-0.1, -0.05) is 0 Å². The van der Waals surface area contributed by atoms with Crippen LogP contribution in [0, 0.1) is 0 Å². The molecular formula is C17H20N4O. The Morgan fingerprint density at radius 2 is 2.18 bits per heavy atom. The molecule has 0 saturated carbocycles. The molecule has 0 aliphatic carbocycles. The molecule has 3 heterocycles. The average molecular weight is 296 g/mol. The number of ketones is 1. The van der Waals surface area contributed by atoms with E-state index < -0.39 is 0 Å². The number of carbonyl (C=O) groups is 1. The Morgan fingerprint density at radius 1 is 1.36 bits per heavy atom. The predicted molar refractivity (Wildman–Crippen MR) is 86.6 cm³/mol. The third kappa shape index (κ3) is 2.66. The topological polar surface area (TPSA) is 63.6 Å². The van der Waals surface area contributed by atoms with Crippen molar-refractivity contribution in [1.29, 1.82) is 0 Å². The summed E-state index contributed by atoms with van der Waals surface area (Å²) in [6.07, 6.45) is 8.95. The summed E-state index contributed by atoms with van der Waals surface area (Å²) in [6.45, 7) is 5.83. The number of fused-ring (bicyclic) bond motifs is 1. The fourth-order valence-electron chi connectivity index (χ4n) is 2.60. The van der Waals surface area contributed by atoms with Crippen molar-refractivity contribution in [3.63, 3.8) is 0 Å². The van der Waals surface area contributed by atoms with E-state index in [2.05, 4.69) is 28.9 Å². The number of Topliss-reactive ketones (excluding diaryl/α,β-unsaturated/α-hetero) is 1. The number of hydrogen-bond acceptors (Lipinski definition) is 3. The van der Waals surface area contributed by atoms with Crippen LogP contribution in [0.5, 0.6) is 0 Å². The predicted octanol–water partition coefficient (Wildman–Crippen LogP) is 3.53. The highest BCUT2D eigenvalue weighted by Crippen LogP contribution is 2.29. The van der Waals surface area contributed by atoms with Crippen LogP contribution in [-0.2, 0) is 10.3 Å². The molecule has 0 atom stereocenters. The van der Waals surface area contributed by atoms with Gasteiger partial charge in [-0.05, 0) is 44.9 Å². The Labute approximate surface area is 129 Å². The number of nitrogens with one attached hydrogen (secondary N) is 1. The van der Waals surface area contributed by atoms with Crippen LogP contribution in [0.25, 0.3) is 22.2 Å². The maximum Gasteiger partial charge on any atom is 0.137 e. The van der Waals surface area contributed by atoms with E-state index in [1.807, 2.05) is 35.4 Å². The second-order valence-electron chi connectivity index (χ2n) is 6.29. The number of pyridine rings is 1. The lowest BCUT2D eigenvalue weighted by Crippen LogP contribution is -2.27. The first kappa shape index (κ1) is 14.5. The van der Waals surface area contributed by atoms with Crippen LogP contribution in [0.4, 0.5) is 0 Å². The molecule has 22 heavy (non-hydrogen) atoms. The van der Waals surface area contributed by atoms with E-state index in [9.17, 15) is 4.79 Å². The van der Waals surface area contributed by atoms with Gasteiger partial charge >= 0.3 is 0 Å². The van der Waals surface area contributed by atoms with Gasteiger partial charge < -0.3 is 9.78 Å². The summed E-state index contributed by atoms with van der Waals surface area (Å²) < 4.78 is 1.95. The lowest BCUT2D eigenvalue weighted by molar-refractivity contribution is -0.117. The molecular weight excluding hydrogens is 276 g/mol.